The number of nitrogens with one attached hydrogen (secondary N) is 1. The van der Waals surface area contributed by atoms with Crippen LogP contribution in [0.1, 0.15) is 49.5 Å². The van der Waals surface area contributed by atoms with E-state index in [1.54, 1.807) is 29.2 Å². The van der Waals surface area contributed by atoms with E-state index in [0.29, 0.717) is 22.6 Å². The molecule has 0 bridgehead atoms. The fourth-order valence-corrected chi connectivity index (χ4v) is 4.80. The topological polar surface area (TPSA) is 75.2 Å². The third-order valence-corrected chi connectivity index (χ3v) is 6.51. The van der Waals surface area contributed by atoms with Crippen LogP contribution in [0.15, 0.2) is 24.3 Å². The zero-order valence-electron chi connectivity index (χ0n) is 14.9. The van der Waals surface area contributed by atoms with Crippen molar-refractivity contribution in [3.05, 3.63) is 34.3 Å². The molecule has 142 valence electrons. The Bertz CT molecular complexity index is 832. The summed E-state index contributed by atoms with van der Waals surface area (Å²) in [5, 5.41) is 13.4. The van der Waals surface area contributed by atoms with E-state index in [0.717, 1.165) is 23.5 Å². The van der Waals surface area contributed by atoms with Gasteiger partial charge in [0.25, 0.3) is 0 Å². The summed E-state index contributed by atoms with van der Waals surface area (Å²) in [5.41, 5.74) is 0.759. The molecule has 2 amide bonds. The third kappa shape index (κ3) is 4.14. The fraction of sp³-hybridized carbons (Fsp3) is 0.474. The van der Waals surface area contributed by atoms with E-state index in [9.17, 15) is 9.59 Å². The van der Waals surface area contributed by atoms with Crippen molar-refractivity contribution in [3.8, 4) is 0 Å². The van der Waals surface area contributed by atoms with Crippen LogP contribution in [0.5, 0.6) is 0 Å². The van der Waals surface area contributed by atoms with Gasteiger partial charge in [-0.2, -0.15) is 0 Å². The molecule has 4 rings (SSSR count). The number of halogens is 1. The smallest absolute Gasteiger partial charge is 0.231 e. The van der Waals surface area contributed by atoms with Crippen molar-refractivity contribution in [3.63, 3.8) is 0 Å². The number of nitrogens with zero attached hydrogens (tertiary/aromatic N) is 3. The minimum Gasteiger partial charge on any atom is -0.312 e. The lowest BCUT2D eigenvalue weighted by Gasteiger charge is -2.18. The molecule has 2 aliphatic rings. The molecule has 1 aliphatic heterocycles. The van der Waals surface area contributed by atoms with Crippen LogP contribution in [0.3, 0.4) is 0 Å². The Morgan fingerprint density at radius 2 is 1.89 bits per heavy atom. The van der Waals surface area contributed by atoms with Gasteiger partial charge in [-0.1, -0.05) is 42.2 Å². The molecule has 1 aliphatic carbocycles. The summed E-state index contributed by atoms with van der Waals surface area (Å²) >= 11 is 7.36. The largest absolute Gasteiger partial charge is 0.312 e. The van der Waals surface area contributed by atoms with Gasteiger partial charge in [0.05, 0.1) is 5.92 Å². The lowest BCUT2D eigenvalue weighted by atomic mass is 9.90. The normalized spacial score (nSPS) is 20.9. The summed E-state index contributed by atoms with van der Waals surface area (Å²) in [5.74, 6) is -0.158. The van der Waals surface area contributed by atoms with Gasteiger partial charge in [0.2, 0.25) is 16.9 Å². The molecule has 1 aromatic heterocycles. The molecule has 27 heavy (non-hydrogen) atoms. The first kappa shape index (κ1) is 18.4. The van der Waals surface area contributed by atoms with Crippen LogP contribution in [-0.2, 0) is 9.59 Å². The first-order chi connectivity index (χ1) is 13.1. The second-order valence-electron chi connectivity index (χ2n) is 7.15. The summed E-state index contributed by atoms with van der Waals surface area (Å²) in [7, 11) is 0. The van der Waals surface area contributed by atoms with E-state index < -0.39 is 5.92 Å². The molecular weight excluding hydrogens is 384 g/mol. The number of benzene rings is 1. The van der Waals surface area contributed by atoms with Crippen molar-refractivity contribution in [2.45, 2.75) is 44.4 Å². The Hall–Kier alpha value is -1.99. The van der Waals surface area contributed by atoms with Gasteiger partial charge in [-0.05, 0) is 37.1 Å². The lowest BCUT2D eigenvalue weighted by Crippen LogP contribution is -2.28. The molecule has 1 saturated heterocycles. The fourth-order valence-electron chi connectivity index (χ4n) is 3.76. The average Bonchev–Trinajstić information content (AvgIpc) is 3.30. The minimum atomic E-state index is -0.393. The van der Waals surface area contributed by atoms with Crippen molar-refractivity contribution < 1.29 is 9.59 Å². The standard InChI is InChI=1S/C19H21ClN4O2S/c20-14-6-8-15(9-7-14)24-11-13(10-16(24)25)17(26)21-19-23-22-18(27-19)12-4-2-1-3-5-12/h6-9,12-13H,1-5,10-11H2,(H,21,23,26)/t13-/m1/s1. The van der Waals surface area contributed by atoms with Crippen molar-refractivity contribution in [2.24, 2.45) is 5.92 Å². The van der Waals surface area contributed by atoms with E-state index >= 15 is 0 Å². The Kier molecular flexibility index (Phi) is 5.41. The molecule has 1 aromatic carbocycles. The van der Waals surface area contributed by atoms with E-state index in [1.165, 1.54) is 30.6 Å². The number of hydrogen-bond donors (Lipinski definition) is 1. The van der Waals surface area contributed by atoms with Crippen LogP contribution < -0.4 is 10.2 Å². The number of aromatic nitrogens is 2. The number of anilines is 2. The van der Waals surface area contributed by atoms with Crippen LogP contribution in [0.25, 0.3) is 0 Å². The Morgan fingerprint density at radius 1 is 1.15 bits per heavy atom. The Balaban J connectivity index is 1.38. The Labute approximate surface area is 166 Å². The van der Waals surface area contributed by atoms with Gasteiger partial charge in [-0.15, -0.1) is 10.2 Å². The molecule has 2 fully saturated rings. The molecule has 0 spiro atoms. The molecule has 0 radical (unpaired) electrons. The van der Waals surface area contributed by atoms with E-state index in [1.807, 2.05) is 0 Å². The van der Waals surface area contributed by atoms with Crippen LogP contribution in [0.2, 0.25) is 5.02 Å². The molecule has 1 atom stereocenters. The van der Waals surface area contributed by atoms with Gasteiger partial charge in [0, 0.05) is 29.6 Å². The highest BCUT2D eigenvalue weighted by molar-refractivity contribution is 7.15. The quantitative estimate of drug-likeness (QED) is 0.827. The van der Waals surface area contributed by atoms with E-state index in [2.05, 4.69) is 15.5 Å². The molecule has 2 aromatic rings. The summed E-state index contributed by atoms with van der Waals surface area (Å²) in [6, 6.07) is 7.07. The SMILES string of the molecule is O=C(Nc1nnc(C2CCCCC2)s1)[C@@H]1CC(=O)N(c2ccc(Cl)cc2)C1. The highest BCUT2D eigenvalue weighted by atomic mass is 35.5. The number of carbonyl (C=O) groups excluding carboxylic acids is 2. The molecule has 0 unspecified atom stereocenters. The zero-order valence-corrected chi connectivity index (χ0v) is 16.4. The summed E-state index contributed by atoms with van der Waals surface area (Å²) < 4.78 is 0. The van der Waals surface area contributed by atoms with Gasteiger partial charge in [0.1, 0.15) is 5.01 Å². The average molecular weight is 405 g/mol. The summed E-state index contributed by atoms with van der Waals surface area (Å²) in [6.45, 7) is 0.362. The predicted octanol–water partition coefficient (Wildman–Crippen LogP) is 4.23. The van der Waals surface area contributed by atoms with Gasteiger partial charge in [-0.3, -0.25) is 9.59 Å². The maximum Gasteiger partial charge on any atom is 0.231 e. The van der Waals surface area contributed by atoms with Gasteiger partial charge in [-0.25, -0.2) is 0 Å². The van der Waals surface area contributed by atoms with Gasteiger partial charge >= 0.3 is 0 Å². The van der Waals surface area contributed by atoms with Crippen LogP contribution in [0, 0.1) is 5.92 Å². The maximum absolute atomic E-state index is 12.6. The van der Waals surface area contributed by atoms with Crippen molar-refractivity contribution in [1.82, 2.24) is 10.2 Å². The second-order valence-corrected chi connectivity index (χ2v) is 8.60. The van der Waals surface area contributed by atoms with E-state index in [-0.39, 0.29) is 18.2 Å². The molecule has 1 saturated carbocycles. The number of carbonyl (C=O) groups is 2. The minimum absolute atomic E-state index is 0.0577. The number of hydrogen-bond acceptors (Lipinski definition) is 5. The Morgan fingerprint density at radius 3 is 2.63 bits per heavy atom. The van der Waals surface area contributed by atoms with Crippen LogP contribution in [-0.4, -0.2) is 28.6 Å². The van der Waals surface area contributed by atoms with Gasteiger partial charge < -0.3 is 10.2 Å². The zero-order chi connectivity index (χ0) is 18.8. The summed E-state index contributed by atoms with van der Waals surface area (Å²) in [6.07, 6.45) is 6.25. The lowest BCUT2D eigenvalue weighted by molar-refractivity contribution is -0.122. The molecule has 1 N–H and O–H groups in total. The monoisotopic (exact) mass is 404 g/mol. The van der Waals surface area contributed by atoms with Crippen LogP contribution in [0.4, 0.5) is 10.8 Å². The summed E-state index contributed by atoms with van der Waals surface area (Å²) in [4.78, 5) is 26.6. The molecular formula is C19H21ClN4O2S. The number of rotatable bonds is 4. The van der Waals surface area contributed by atoms with Crippen molar-refractivity contribution in [1.29, 1.82) is 0 Å². The maximum atomic E-state index is 12.6. The molecule has 6 nitrogen and oxygen atoms in total. The van der Waals surface area contributed by atoms with Crippen molar-refractivity contribution >= 4 is 45.6 Å². The molecule has 8 heteroatoms. The first-order valence-corrected chi connectivity index (χ1v) is 10.5. The highest BCUT2D eigenvalue weighted by Crippen LogP contribution is 2.35. The van der Waals surface area contributed by atoms with Crippen LogP contribution >= 0.6 is 22.9 Å². The first-order valence-electron chi connectivity index (χ1n) is 9.30. The van der Waals surface area contributed by atoms with Gasteiger partial charge in [0.15, 0.2) is 0 Å². The van der Waals surface area contributed by atoms with Crippen molar-refractivity contribution in [2.75, 3.05) is 16.8 Å². The predicted molar refractivity (Wildman–Crippen MR) is 106 cm³/mol. The molecule has 2 heterocycles. The second kappa shape index (κ2) is 7.94. The highest BCUT2D eigenvalue weighted by Gasteiger charge is 2.35. The van der Waals surface area contributed by atoms with E-state index in [4.69, 9.17) is 11.6 Å². The number of amides is 2. The third-order valence-electron chi connectivity index (χ3n) is 5.26.